The van der Waals surface area contributed by atoms with Crippen LogP contribution in [0.2, 0.25) is 0 Å². The summed E-state index contributed by atoms with van der Waals surface area (Å²) in [6.07, 6.45) is -7.75. The van der Waals surface area contributed by atoms with Gasteiger partial charge in [-0.3, -0.25) is 14.4 Å². The van der Waals surface area contributed by atoms with Crippen LogP contribution in [-0.2, 0) is 42.9 Å². The molecule has 0 aromatic heterocycles. The molecule has 0 amide bonds. The summed E-state index contributed by atoms with van der Waals surface area (Å²) < 4.78 is 24.3. The molecule has 0 aliphatic carbocycles. The van der Waals surface area contributed by atoms with E-state index in [1.165, 1.54) is 0 Å². The molecular weight excluding hydrogens is 316 g/mol. The van der Waals surface area contributed by atoms with Crippen molar-refractivity contribution in [3.8, 4) is 0 Å². The smallest absolute Gasteiger partial charge is 0.339 e. The van der Waals surface area contributed by atoms with Gasteiger partial charge >= 0.3 is 23.9 Å². The molecule has 0 aromatic rings. The van der Waals surface area contributed by atoms with Crippen molar-refractivity contribution in [2.75, 3.05) is 7.11 Å². The predicted molar refractivity (Wildman–Crippen MR) is 69.6 cm³/mol. The molecule has 0 unspecified atom stereocenters. The summed E-state index contributed by atoms with van der Waals surface area (Å²) in [4.78, 5) is 45.5. The molecule has 5 atom stereocenters. The largest absolute Gasteiger partial charge is 0.467 e. The van der Waals surface area contributed by atoms with E-state index >= 15 is 0 Å². The van der Waals surface area contributed by atoms with Crippen LogP contribution in [0.1, 0.15) is 20.8 Å². The normalized spacial score (nSPS) is 30.0. The Labute approximate surface area is 131 Å². The Kier molecular flexibility index (Phi) is 6.46. The summed E-state index contributed by atoms with van der Waals surface area (Å²) in [5.74, 6) is -3.37. The molecule has 0 saturated carbocycles. The summed E-state index contributed by atoms with van der Waals surface area (Å²) in [6.45, 7) is 3.18. The van der Waals surface area contributed by atoms with Gasteiger partial charge in [-0.05, 0) is 0 Å². The molecule has 1 aliphatic rings. The van der Waals surface area contributed by atoms with E-state index in [0.717, 1.165) is 27.9 Å². The van der Waals surface area contributed by atoms with Crippen molar-refractivity contribution < 1.29 is 48.0 Å². The lowest BCUT2D eigenvalue weighted by Crippen LogP contribution is -2.63. The van der Waals surface area contributed by atoms with Gasteiger partial charge in [0.15, 0.2) is 30.7 Å². The first kappa shape index (κ1) is 18.8. The average molecular weight is 334 g/mol. The predicted octanol–water partition coefficient (Wildman–Crippen LogP) is -1.33. The van der Waals surface area contributed by atoms with Gasteiger partial charge in [0, 0.05) is 20.8 Å². The number of aliphatic hydroxyl groups excluding tert-OH is 1. The molecule has 10 heteroatoms. The maximum absolute atomic E-state index is 11.8. The van der Waals surface area contributed by atoms with E-state index in [1.54, 1.807) is 0 Å². The van der Waals surface area contributed by atoms with Crippen LogP contribution in [-0.4, -0.2) is 66.8 Å². The molecule has 1 rings (SSSR count). The Hall–Kier alpha value is -2.20. The summed E-state index contributed by atoms with van der Waals surface area (Å²) in [7, 11) is 1.06. The van der Waals surface area contributed by atoms with Crippen LogP contribution in [0.4, 0.5) is 0 Å². The molecule has 0 spiro atoms. The van der Waals surface area contributed by atoms with Crippen molar-refractivity contribution in [2.45, 2.75) is 51.5 Å². The molecule has 130 valence electrons. The average Bonchev–Trinajstić information content (AvgIpc) is 2.43. The summed E-state index contributed by atoms with van der Waals surface area (Å²) in [5.41, 5.74) is 0. The maximum Gasteiger partial charge on any atom is 0.339 e. The van der Waals surface area contributed by atoms with E-state index in [1.807, 2.05) is 0 Å². The number of carbonyl (C=O) groups is 4. The Bertz CT molecular complexity index is 487. The molecule has 1 N–H and O–H groups in total. The lowest BCUT2D eigenvalue weighted by atomic mass is 9.98. The topological polar surface area (TPSA) is 135 Å². The fourth-order valence-corrected chi connectivity index (χ4v) is 2.10. The van der Waals surface area contributed by atoms with Crippen molar-refractivity contribution >= 4 is 23.9 Å². The fourth-order valence-electron chi connectivity index (χ4n) is 2.10. The van der Waals surface area contributed by atoms with E-state index in [2.05, 4.69) is 4.74 Å². The zero-order valence-corrected chi connectivity index (χ0v) is 13.0. The quantitative estimate of drug-likeness (QED) is 0.486. The van der Waals surface area contributed by atoms with E-state index in [9.17, 15) is 24.3 Å². The van der Waals surface area contributed by atoms with Gasteiger partial charge in [-0.2, -0.15) is 0 Å². The van der Waals surface area contributed by atoms with Crippen molar-refractivity contribution in [3.05, 3.63) is 0 Å². The van der Waals surface area contributed by atoms with Gasteiger partial charge in [-0.15, -0.1) is 0 Å². The van der Waals surface area contributed by atoms with Crippen LogP contribution in [0.15, 0.2) is 0 Å². The molecule has 10 nitrogen and oxygen atoms in total. The SMILES string of the molecule is COC(=O)[C@@H]1O[C@@H](O)[C@H](OC(C)=O)[C@H](OC(C)=O)[C@@H]1OC(C)=O. The number of hydrogen-bond donors (Lipinski definition) is 1. The summed E-state index contributed by atoms with van der Waals surface area (Å²) in [5, 5.41) is 9.93. The number of esters is 4. The first-order valence-corrected chi connectivity index (χ1v) is 6.60. The lowest BCUT2D eigenvalue weighted by Gasteiger charge is -2.41. The van der Waals surface area contributed by atoms with Crippen LogP contribution in [0.3, 0.4) is 0 Å². The molecular formula is C13H18O10. The zero-order valence-electron chi connectivity index (χ0n) is 13.0. The molecule has 23 heavy (non-hydrogen) atoms. The standard InChI is InChI=1S/C13H18O10/c1-5(14)20-8-9(21-6(2)15)11(22-7(3)16)13(18)23-10(8)12(17)19-4/h8-11,13,18H,1-4H3/t8-,9+,10+,11+,13+/m0/s1. The number of aliphatic hydroxyl groups is 1. The first-order chi connectivity index (χ1) is 10.7. The zero-order chi connectivity index (χ0) is 17.7. The molecule has 0 radical (unpaired) electrons. The highest BCUT2D eigenvalue weighted by Gasteiger charge is 2.54. The van der Waals surface area contributed by atoms with Crippen LogP contribution >= 0.6 is 0 Å². The Morgan fingerprint density at radius 2 is 1.26 bits per heavy atom. The Balaban J connectivity index is 3.21. The minimum atomic E-state index is -1.79. The number of rotatable bonds is 4. The summed E-state index contributed by atoms with van der Waals surface area (Å²) >= 11 is 0. The second-order valence-electron chi connectivity index (χ2n) is 4.69. The highest BCUT2D eigenvalue weighted by molar-refractivity contribution is 5.77. The summed E-state index contributed by atoms with van der Waals surface area (Å²) in [6, 6.07) is 0. The highest BCUT2D eigenvalue weighted by atomic mass is 16.7. The van der Waals surface area contributed by atoms with Crippen LogP contribution < -0.4 is 0 Å². The van der Waals surface area contributed by atoms with Gasteiger partial charge in [0.05, 0.1) is 7.11 Å². The molecule has 0 bridgehead atoms. The van der Waals surface area contributed by atoms with Crippen LogP contribution in [0, 0.1) is 0 Å². The van der Waals surface area contributed by atoms with Crippen molar-refractivity contribution in [3.63, 3.8) is 0 Å². The molecule has 1 saturated heterocycles. The third kappa shape index (κ3) is 4.89. The second-order valence-corrected chi connectivity index (χ2v) is 4.69. The number of ether oxygens (including phenoxy) is 5. The van der Waals surface area contributed by atoms with E-state index in [-0.39, 0.29) is 0 Å². The second kappa shape index (κ2) is 7.88. The van der Waals surface area contributed by atoms with Gasteiger partial charge in [-0.1, -0.05) is 0 Å². The maximum atomic E-state index is 11.8. The first-order valence-electron chi connectivity index (χ1n) is 6.60. The van der Waals surface area contributed by atoms with Crippen molar-refractivity contribution in [1.82, 2.24) is 0 Å². The molecule has 1 fully saturated rings. The number of carbonyl (C=O) groups excluding carboxylic acids is 4. The fraction of sp³-hybridized carbons (Fsp3) is 0.692. The van der Waals surface area contributed by atoms with Crippen LogP contribution in [0.5, 0.6) is 0 Å². The monoisotopic (exact) mass is 334 g/mol. The number of hydrogen-bond acceptors (Lipinski definition) is 10. The molecule has 1 aliphatic heterocycles. The molecule has 1 heterocycles. The highest BCUT2D eigenvalue weighted by Crippen LogP contribution is 2.28. The Morgan fingerprint density at radius 1 is 0.826 bits per heavy atom. The van der Waals surface area contributed by atoms with E-state index in [4.69, 9.17) is 18.9 Å². The Morgan fingerprint density at radius 3 is 1.70 bits per heavy atom. The minimum Gasteiger partial charge on any atom is -0.467 e. The van der Waals surface area contributed by atoms with Gasteiger partial charge in [0.2, 0.25) is 0 Å². The van der Waals surface area contributed by atoms with Gasteiger partial charge < -0.3 is 28.8 Å². The third-order valence-corrected chi connectivity index (χ3v) is 2.85. The van der Waals surface area contributed by atoms with Gasteiger partial charge in [-0.25, -0.2) is 4.79 Å². The van der Waals surface area contributed by atoms with E-state index < -0.39 is 54.6 Å². The van der Waals surface area contributed by atoms with E-state index in [0.29, 0.717) is 0 Å². The third-order valence-electron chi connectivity index (χ3n) is 2.85. The van der Waals surface area contributed by atoms with Crippen molar-refractivity contribution in [2.24, 2.45) is 0 Å². The van der Waals surface area contributed by atoms with Crippen molar-refractivity contribution in [1.29, 1.82) is 0 Å². The van der Waals surface area contributed by atoms with Gasteiger partial charge in [0.1, 0.15) is 0 Å². The van der Waals surface area contributed by atoms with Crippen LogP contribution in [0.25, 0.3) is 0 Å². The minimum absolute atomic E-state index is 0.798. The number of methoxy groups -OCH3 is 1. The van der Waals surface area contributed by atoms with Gasteiger partial charge in [0.25, 0.3) is 0 Å². The molecule has 0 aromatic carbocycles. The lowest BCUT2D eigenvalue weighted by molar-refractivity contribution is -0.289.